The SMILES string of the molecule is CC(=O)c1cccc(NC(=O)N2CCC[C@H]2C(=O)Nc2cccc(C)c2C)c1. The molecule has 1 heterocycles. The van der Waals surface area contributed by atoms with Crippen LogP contribution in [0.25, 0.3) is 0 Å². The van der Waals surface area contributed by atoms with Crippen molar-refractivity contribution < 1.29 is 14.4 Å². The van der Waals surface area contributed by atoms with E-state index in [0.29, 0.717) is 24.2 Å². The van der Waals surface area contributed by atoms with Gasteiger partial charge in [0.05, 0.1) is 0 Å². The number of hydrogen-bond donors (Lipinski definition) is 2. The van der Waals surface area contributed by atoms with Crippen LogP contribution < -0.4 is 10.6 Å². The van der Waals surface area contributed by atoms with Gasteiger partial charge in [-0.1, -0.05) is 24.3 Å². The maximum atomic E-state index is 12.8. The molecule has 3 amide bonds. The summed E-state index contributed by atoms with van der Waals surface area (Å²) in [6, 6.07) is 11.7. The molecule has 1 saturated heterocycles. The summed E-state index contributed by atoms with van der Waals surface area (Å²) in [7, 11) is 0. The van der Waals surface area contributed by atoms with E-state index < -0.39 is 6.04 Å². The number of likely N-dealkylation sites (tertiary alicyclic amines) is 1. The molecule has 1 fully saturated rings. The second-order valence-corrected chi connectivity index (χ2v) is 7.16. The Kier molecular flexibility index (Phi) is 5.78. The van der Waals surface area contributed by atoms with Crippen LogP contribution in [0.1, 0.15) is 41.3 Å². The zero-order valence-electron chi connectivity index (χ0n) is 16.4. The van der Waals surface area contributed by atoms with Crippen LogP contribution in [-0.4, -0.2) is 35.2 Å². The van der Waals surface area contributed by atoms with Gasteiger partial charge in [-0.3, -0.25) is 9.59 Å². The van der Waals surface area contributed by atoms with Crippen LogP contribution in [0.2, 0.25) is 0 Å². The summed E-state index contributed by atoms with van der Waals surface area (Å²) in [4.78, 5) is 38.6. The van der Waals surface area contributed by atoms with Crippen LogP contribution in [0.15, 0.2) is 42.5 Å². The Bertz CT molecular complexity index is 923. The van der Waals surface area contributed by atoms with Crippen LogP contribution >= 0.6 is 0 Å². The number of nitrogens with zero attached hydrogens (tertiary/aromatic N) is 1. The van der Waals surface area contributed by atoms with Crippen molar-refractivity contribution in [3.63, 3.8) is 0 Å². The van der Waals surface area contributed by atoms with Gasteiger partial charge >= 0.3 is 6.03 Å². The van der Waals surface area contributed by atoms with E-state index in [1.807, 2.05) is 32.0 Å². The van der Waals surface area contributed by atoms with Gasteiger partial charge in [-0.2, -0.15) is 0 Å². The molecule has 0 spiro atoms. The van der Waals surface area contributed by atoms with Gasteiger partial charge in [-0.05, 0) is 62.9 Å². The van der Waals surface area contributed by atoms with Gasteiger partial charge in [-0.25, -0.2) is 4.79 Å². The first kappa shape index (κ1) is 19.6. The number of hydrogen-bond acceptors (Lipinski definition) is 3. The Morgan fingerprint density at radius 3 is 2.54 bits per heavy atom. The Morgan fingerprint density at radius 2 is 1.79 bits per heavy atom. The van der Waals surface area contributed by atoms with Crippen molar-refractivity contribution in [2.45, 2.75) is 39.7 Å². The number of nitrogens with one attached hydrogen (secondary N) is 2. The first-order valence-corrected chi connectivity index (χ1v) is 9.42. The summed E-state index contributed by atoms with van der Waals surface area (Å²) >= 11 is 0. The largest absolute Gasteiger partial charge is 0.324 e. The fourth-order valence-electron chi connectivity index (χ4n) is 3.40. The molecule has 2 aromatic carbocycles. The minimum absolute atomic E-state index is 0.0666. The summed E-state index contributed by atoms with van der Waals surface area (Å²) in [5.74, 6) is -0.248. The lowest BCUT2D eigenvalue weighted by Gasteiger charge is -2.24. The Hall–Kier alpha value is -3.15. The average molecular weight is 379 g/mol. The number of anilines is 2. The molecule has 0 aliphatic carbocycles. The van der Waals surface area contributed by atoms with Crippen molar-refractivity contribution in [2.75, 3.05) is 17.2 Å². The van der Waals surface area contributed by atoms with Gasteiger partial charge in [0.1, 0.15) is 6.04 Å². The van der Waals surface area contributed by atoms with E-state index >= 15 is 0 Å². The zero-order valence-corrected chi connectivity index (χ0v) is 16.4. The zero-order chi connectivity index (χ0) is 20.3. The molecule has 0 bridgehead atoms. The third-order valence-electron chi connectivity index (χ3n) is 5.20. The molecule has 6 heteroatoms. The number of Topliss-reactive ketones (excluding diaryl/α,β-unsaturated/α-hetero) is 1. The van der Waals surface area contributed by atoms with Crippen molar-refractivity contribution in [1.29, 1.82) is 0 Å². The van der Waals surface area contributed by atoms with E-state index in [1.54, 1.807) is 29.2 Å². The van der Waals surface area contributed by atoms with Gasteiger partial charge in [0.2, 0.25) is 5.91 Å². The normalized spacial score (nSPS) is 16.0. The quantitative estimate of drug-likeness (QED) is 0.784. The topological polar surface area (TPSA) is 78.5 Å². The Morgan fingerprint density at radius 1 is 1.04 bits per heavy atom. The highest BCUT2D eigenvalue weighted by Gasteiger charge is 2.34. The van der Waals surface area contributed by atoms with Crippen molar-refractivity contribution >= 4 is 29.1 Å². The number of amides is 3. The van der Waals surface area contributed by atoms with E-state index in [0.717, 1.165) is 23.2 Å². The summed E-state index contributed by atoms with van der Waals surface area (Å²) in [6.45, 7) is 5.96. The van der Waals surface area contributed by atoms with Crippen molar-refractivity contribution in [1.82, 2.24) is 4.90 Å². The number of rotatable bonds is 4. The fraction of sp³-hybridized carbons (Fsp3) is 0.318. The first-order chi connectivity index (χ1) is 13.4. The van der Waals surface area contributed by atoms with Crippen LogP contribution in [-0.2, 0) is 4.79 Å². The summed E-state index contributed by atoms with van der Waals surface area (Å²) in [5.41, 5.74) is 3.96. The van der Waals surface area contributed by atoms with E-state index in [4.69, 9.17) is 0 Å². The average Bonchev–Trinajstić information content (AvgIpc) is 3.16. The highest BCUT2D eigenvalue weighted by atomic mass is 16.2. The predicted molar refractivity (Wildman–Crippen MR) is 110 cm³/mol. The van der Waals surface area contributed by atoms with Crippen molar-refractivity contribution in [3.05, 3.63) is 59.2 Å². The van der Waals surface area contributed by atoms with Crippen LogP contribution in [0.3, 0.4) is 0 Å². The van der Waals surface area contributed by atoms with Gasteiger partial charge in [0.25, 0.3) is 0 Å². The molecule has 3 rings (SSSR count). The lowest BCUT2D eigenvalue weighted by molar-refractivity contribution is -0.119. The number of carbonyl (C=O) groups is 3. The van der Waals surface area contributed by atoms with E-state index in [9.17, 15) is 14.4 Å². The second-order valence-electron chi connectivity index (χ2n) is 7.16. The monoisotopic (exact) mass is 379 g/mol. The molecule has 0 aromatic heterocycles. The molecule has 146 valence electrons. The number of aryl methyl sites for hydroxylation is 1. The van der Waals surface area contributed by atoms with Crippen LogP contribution in [0.4, 0.5) is 16.2 Å². The predicted octanol–water partition coefficient (Wildman–Crippen LogP) is 4.14. The number of carbonyl (C=O) groups excluding carboxylic acids is 3. The fourth-order valence-corrected chi connectivity index (χ4v) is 3.40. The van der Waals surface area contributed by atoms with Gasteiger partial charge in [0.15, 0.2) is 5.78 Å². The summed E-state index contributed by atoms with van der Waals surface area (Å²) in [6.07, 6.45) is 1.39. The van der Waals surface area contributed by atoms with Gasteiger partial charge in [0, 0.05) is 23.5 Å². The Balaban J connectivity index is 1.70. The molecule has 28 heavy (non-hydrogen) atoms. The highest BCUT2D eigenvalue weighted by molar-refractivity contribution is 6.01. The smallest absolute Gasteiger partial charge is 0.322 e. The van der Waals surface area contributed by atoms with Crippen LogP contribution in [0.5, 0.6) is 0 Å². The van der Waals surface area contributed by atoms with Gasteiger partial charge < -0.3 is 15.5 Å². The molecular formula is C22H25N3O3. The molecule has 6 nitrogen and oxygen atoms in total. The molecule has 0 unspecified atom stereocenters. The molecule has 1 atom stereocenters. The number of ketones is 1. The number of benzene rings is 2. The summed E-state index contributed by atoms with van der Waals surface area (Å²) < 4.78 is 0. The minimum atomic E-state index is -0.518. The minimum Gasteiger partial charge on any atom is -0.324 e. The van der Waals surface area contributed by atoms with Crippen molar-refractivity contribution in [3.8, 4) is 0 Å². The van der Waals surface area contributed by atoms with Crippen LogP contribution in [0, 0.1) is 13.8 Å². The second kappa shape index (κ2) is 8.25. The molecule has 1 aliphatic heterocycles. The Labute approximate surface area is 164 Å². The molecule has 2 aromatic rings. The first-order valence-electron chi connectivity index (χ1n) is 9.42. The molecule has 1 aliphatic rings. The van der Waals surface area contributed by atoms with Crippen molar-refractivity contribution in [2.24, 2.45) is 0 Å². The number of urea groups is 1. The third-order valence-corrected chi connectivity index (χ3v) is 5.20. The standard InChI is InChI=1S/C22H25N3O3/c1-14-7-4-10-19(15(14)2)24-21(27)20-11-6-12-25(20)22(28)23-18-9-5-8-17(13-18)16(3)26/h4-5,7-10,13,20H,6,11-12H2,1-3H3,(H,23,28)(H,24,27)/t20-/m0/s1. The lowest BCUT2D eigenvalue weighted by atomic mass is 10.1. The maximum Gasteiger partial charge on any atom is 0.322 e. The molecule has 2 N–H and O–H groups in total. The molecular weight excluding hydrogens is 354 g/mol. The van der Waals surface area contributed by atoms with E-state index in [2.05, 4.69) is 10.6 Å². The molecule has 0 saturated carbocycles. The lowest BCUT2D eigenvalue weighted by Crippen LogP contribution is -2.45. The highest BCUT2D eigenvalue weighted by Crippen LogP contribution is 2.23. The molecule has 0 radical (unpaired) electrons. The van der Waals surface area contributed by atoms with E-state index in [-0.39, 0.29) is 17.7 Å². The third kappa shape index (κ3) is 4.22. The summed E-state index contributed by atoms with van der Waals surface area (Å²) in [5, 5.41) is 5.76. The maximum absolute atomic E-state index is 12.8. The van der Waals surface area contributed by atoms with Gasteiger partial charge in [-0.15, -0.1) is 0 Å². The van der Waals surface area contributed by atoms with E-state index in [1.165, 1.54) is 6.92 Å².